The van der Waals surface area contributed by atoms with Crippen molar-refractivity contribution in [3.63, 3.8) is 0 Å². The molecule has 0 radical (unpaired) electrons. The highest BCUT2D eigenvalue weighted by Crippen LogP contribution is 2.23. The molecule has 0 atom stereocenters. The lowest BCUT2D eigenvalue weighted by atomic mass is 9.97. The van der Waals surface area contributed by atoms with Gasteiger partial charge in [0.15, 0.2) is 0 Å². The second-order valence-electron chi connectivity index (χ2n) is 7.66. The van der Waals surface area contributed by atoms with Crippen LogP contribution in [0.25, 0.3) is 0 Å². The Kier molecular flexibility index (Phi) is 6.72. The molecule has 8 heteroatoms. The van der Waals surface area contributed by atoms with Gasteiger partial charge in [-0.2, -0.15) is 0 Å². The summed E-state index contributed by atoms with van der Waals surface area (Å²) < 4.78 is 26.1. The lowest BCUT2D eigenvalue weighted by Gasteiger charge is -2.30. The molecule has 2 amide bonds. The van der Waals surface area contributed by atoms with Crippen molar-refractivity contribution in [3.8, 4) is 0 Å². The maximum Gasteiger partial charge on any atom is 0.251 e. The Morgan fingerprint density at radius 3 is 2.50 bits per heavy atom. The van der Waals surface area contributed by atoms with Gasteiger partial charge in [0.05, 0.1) is 5.75 Å². The maximum atomic E-state index is 12.6. The first-order valence-corrected chi connectivity index (χ1v) is 11.7. The molecule has 0 spiro atoms. The molecule has 1 aromatic carbocycles. The van der Waals surface area contributed by atoms with Crippen LogP contribution in [0.2, 0.25) is 0 Å². The number of rotatable bonds is 8. The summed E-state index contributed by atoms with van der Waals surface area (Å²) in [6, 6.07) is 7.20. The number of sulfonamides is 1. The average Bonchev–Trinajstić information content (AvgIpc) is 3.50. The molecular weight excluding hydrogens is 378 g/mol. The first-order chi connectivity index (χ1) is 13.4. The fourth-order valence-corrected chi connectivity index (χ4v) is 5.01. The van der Waals surface area contributed by atoms with Crippen molar-refractivity contribution in [2.75, 3.05) is 24.2 Å². The largest absolute Gasteiger partial charge is 0.349 e. The first kappa shape index (κ1) is 20.8. The van der Waals surface area contributed by atoms with E-state index in [1.165, 1.54) is 4.31 Å². The third kappa shape index (κ3) is 5.54. The predicted molar refractivity (Wildman–Crippen MR) is 109 cm³/mol. The molecule has 0 unspecified atom stereocenters. The summed E-state index contributed by atoms with van der Waals surface area (Å²) in [4.78, 5) is 24.7. The third-order valence-electron chi connectivity index (χ3n) is 5.28. The summed E-state index contributed by atoms with van der Waals surface area (Å²) in [6.07, 6.45) is 4.57. The molecule has 1 heterocycles. The summed E-state index contributed by atoms with van der Waals surface area (Å²) in [5.74, 6) is -0.285. The minimum atomic E-state index is -3.22. The third-order valence-corrected chi connectivity index (χ3v) is 7.24. The molecular formula is C20H29N3O4S. The smallest absolute Gasteiger partial charge is 0.251 e. The number of nitrogens with zero attached hydrogens (tertiary/aromatic N) is 1. The number of nitrogens with one attached hydrogen (secondary N) is 2. The monoisotopic (exact) mass is 407 g/mol. The number of hydrogen-bond donors (Lipinski definition) is 2. The fourth-order valence-electron chi connectivity index (χ4n) is 3.33. The van der Waals surface area contributed by atoms with Crippen LogP contribution in [0.5, 0.6) is 0 Å². The minimum Gasteiger partial charge on any atom is -0.349 e. The summed E-state index contributed by atoms with van der Waals surface area (Å²) in [7, 11) is -3.22. The van der Waals surface area contributed by atoms with E-state index in [2.05, 4.69) is 10.6 Å². The Morgan fingerprint density at radius 1 is 1.14 bits per heavy atom. The number of unbranched alkanes of at least 4 members (excludes halogenated alkanes) is 1. The highest BCUT2D eigenvalue weighted by Gasteiger charge is 2.31. The first-order valence-electron chi connectivity index (χ1n) is 10.1. The van der Waals surface area contributed by atoms with Gasteiger partial charge >= 0.3 is 0 Å². The zero-order chi connectivity index (χ0) is 20.1. The van der Waals surface area contributed by atoms with Crippen molar-refractivity contribution < 1.29 is 18.0 Å². The van der Waals surface area contributed by atoms with E-state index in [9.17, 15) is 18.0 Å². The van der Waals surface area contributed by atoms with Crippen molar-refractivity contribution in [1.29, 1.82) is 0 Å². The molecule has 2 fully saturated rings. The molecule has 1 saturated heterocycles. The number of piperidine rings is 1. The maximum absolute atomic E-state index is 12.6. The van der Waals surface area contributed by atoms with Gasteiger partial charge in [0.2, 0.25) is 15.9 Å². The van der Waals surface area contributed by atoms with Crippen molar-refractivity contribution >= 4 is 27.5 Å². The normalized spacial score (nSPS) is 18.6. The Morgan fingerprint density at radius 2 is 1.86 bits per heavy atom. The van der Waals surface area contributed by atoms with Crippen LogP contribution in [0, 0.1) is 5.92 Å². The summed E-state index contributed by atoms with van der Waals surface area (Å²) in [5.41, 5.74) is 1.12. The summed E-state index contributed by atoms with van der Waals surface area (Å²) >= 11 is 0. The molecule has 3 rings (SSSR count). The van der Waals surface area contributed by atoms with Gasteiger partial charge in [0.25, 0.3) is 5.91 Å². The molecule has 1 saturated carbocycles. The highest BCUT2D eigenvalue weighted by molar-refractivity contribution is 7.89. The molecule has 0 aromatic heterocycles. The Bertz CT molecular complexity index is 812. The van der Waals surface area contributed by atoms with Crippen LogP contribution in [0.15, 0.2) is 24.3 Å². The number of hydrogen-bond acceptors (Lipinski definition) is 4. The zero-order valence-corrected chi connectivity index (χ0v) is 17.1. The van der Waals surface area contributed by atoms with E-state index >= 15 is 0 Å². The predicted octanol–water partition coefficient (Wildman–Crippen LogP) is 2.36. The number of carbonyl (C=O) groups is 2. The molecule has 28 heavy (non-hydrogen) atoms. The SMILES string of the molecule is CCCCS(=O)(=O)N1CCC(C(=O)Nc2cccc(C(=O)NC3CC3)c2)CC1. The van der Waals surface area contributed by atoms with Crippen LogP contribution >= 0.6 is 0 Å². The molecule has 154 valence electrons. The summed E-state index contributed by atoms with van der Waals surface area (Å²) in [5, 5.41) is 5.81. The van der Waals surface area contributed by atoms with Gasteiger partial charge in [0, 0.05) is 36.3 Å². The number of anilines is 1. The Balaban J connectivity index is 1.52. The molecule has 1 aliphatic heterocycles. The molecule has 1 aliphatic carbocycles. The quantitative estimate of drug-likeness (QED) is 0.691. The van der Waals surface area contributed by atoms with E-state index in [0.717, 1.165) is 19.3 Å². The molecule has 2 aliphatic rings. The second-order valence-corrected chi connectivity index (χ2v) is 9.75. The van der Waals surface area contributed by atoms with Gasteiger partial charge in [-0.15, -0.1) is 0 Å². The lowest BCUT2D eigenvalue weighted by Crippen LogP contribution is -2.42. The zero-order valence-electron chi connectivity index (χ0n) is 16.3. The van der Waals surface area contributed by atoms with E-state index in [0.29, 0.717) is 43.6 Å². The standard InChI is InChI=1S/C20H29N3O4S/c1-2-3-13-28(26,27)23-11-9-15(10-12-23)19(24)22-18-6-4-5-16(14-18)20(25)21-17-7-8-17/h4-6,14-15,17H,2-3,7-13H2,1H3,(H,21,25)(H,22,24). The number of carbonyl (C=O) groups excluding carboxylic acids is 2. The number of amides is 2. The van der Waals surface area contributed by atoms with E-state index in [1.54, 1.807) is 24.3 Å². The summed E-state index contributed by atoms with van der Waals surface area (Å²) in [6.45, 7) is 2.73. The van der Waals surface area contributed by atoms with Gasteiger partial charge in [-0.05, 0) is 50.3 Å². The number of benzene rings is 1. The fraction of sp³-hybridized carbons (Fsp3) is 0.600. The van der Waals surface area contributed by atoms with E-state index < -0.39 is 10.0 Å². The molecule has 2 N–H and O–H groups in total. The Labute approximate surface area is 166 Å². The van der Waals surface area contributed by atoms with Crippen molar-refractivity contribution in [3.05, 3.63) is 29.8 Å². The Hall–Kier alpha value is -1.93. The molecule has 1 aromatic rings. The lowest BCUT2D eigenvalue weighted by molar-refractivity contribution is -0.120. The van der Waals surface area contributed by atoms with Gasteiger partial charge < -0.3 is 10.6 Å². The van der Waals surface area contributed by atoms with E-state index in [4.69, 9.17) is 0 Å². The topological polar surface area (TPSA) is 95.6 Å². The van der Waals surface area contributed by atoms with Crippen LogP contribution in [-0.4, -0.2) is 49.4 Å². The van der Waals surface area contributed by atoms with Crippen LogP contribution in [0.4, 0.5) is 5.69 Å². The minimum absolute atomic E-state index is 0.120. The van der Waals surface area contributed by atoms with Gasteiger partial charge in [-0.3, -0.25) is 9.59 Å². The van der Waals surface area contributed by atoms with Gasteiger partial charge in [-0.1, -0.05) is 19.4 Å². The highest BCUT2D eigenvalue weighted by atomic mass is 32.2. The van der Waals surface area contributed by atoms with Crippen LogP contribution < -0.4 is 10.6 Å². The van der Waals surface area contributed by atoms with Gasteiger partial charge in [0.1, 0.15) is 0 Å². The van der Waals surface area contributed by atoms with Crippen molar-refractivity contribution in [2.45, 2.75) is 51.5 Å². The van der Waals surface area contributed by atoms with E-state index in [-0.39, 0.29) is 29.5 Å². The van der Waals surface area contributed by atoms with Crippen LogP contribution in [0.3, 0.4) is 0 Å². The van der Waals surface area contributed by atoms with Crippen LogP contribution in [-0.2, 0) is 14.8 Å². The van der Waals surface area contributed by atoms with E-state index in [1.807, 2.05) is 6.92 Å². The van der Waals surface area contributed by atoms with Gasteiger partial charge in [-0.25, -0.2) is 12.7 Å². The molecule has 7 nitrogen and oxygen atoms in total. The van der Waals surface area contributed by atoms with Crippen molar-refractivity contribution in [1.82, 2.24) is 9.62 Å². The van der Waals surface area contributed by atoms with Crippen molar-refractivity contribution in [2.24, 2.45) is 5.92 Å². The van der Waals surface area contributed by atoms with Crippen LogP contribution in [0.1, 0.15) is 55.8 Å². The second kappa shape index (κ2) is 9.05. The average molecular weight is 408 g/mol. The molecule has 0 bridgehead atoms.